The lowest BCUT2D eigenvalue weighted by Crippen LogP contribution is -2.36. The maximum Gasteiger partial charge on any atom is 0.343 e. The summed E-state index contributed by atoms with van der Waals surface area (Å²) >= 11 is 0. The molecular weight excluding hydrogens is 360 g/mol. The van der Waals surface area contributed by atoms with Crippen LogP contribution in [-0.4, -0.2) is 39.1 Å². The Bertz CT molecular complexity index is 907. The van der Waals surface area contributed by atoms with Gasteiger partial charge in [-0.15, -0.1) is 0 Å². The molecule has 3 aliphatic rings. The Balaban J connectivity index is 1.69. The van der Waals surface area contributed by atoms with E-state index in [-0.39, 0.29) is 28.4 Å². The van der Waals surface area contributed by atoms with Gasteiger partial charge in [0.15, 0.2) is 21.4 Å². The van der Waals surface area contributed by atoms with Crippen molar-refractivity contribution >= 4 is 21.6 Å². The SMILES string of the molecule is O=C1C=C(OC(=O)c2ccc3c(c2)C2(CCS3(=O)=O)OCCO2)CCC1. The average molecular weight is 378 g/mol. The van der Waals surface area contributed by atoms with Crippen molar-refractivity contribution < 1.29 is 32.2 Å². The van der Waals surface area contributed by atoms with Crippen LogP contribution in [0.25, 0.3) is 0 Å². The van der Waals surface area contributed by atoms with Gasteiger partial charge in [0.05, 0.1) is 29.4 Å². The standard InChI is InChI=1S/C18H18O7S/c19-13-2-1-3-14(11-13)25-17(20)12-4-5-16-15(10-12)18(23-7-8-24-18)6-9-26(16,21)22/h4-5,10-11H,1-3,6-9H2. The van der Waals surface area contributed by atoms with Crippen LogP contribution in [-0.2, 0) is 34.6 Å². The molecule has 1 aliphatic carbocycles. The van der Waals surface area contributed by atoms with Crippen molar-refractivity contribution in [2.24, 2.45) is 0 Å². The monoisotopic (exact) mass is 378 g/mol. The van der Waals surface area contributed by atoms with Gasteiger partial charge in [0.2, 0.25) is 0 Å². The Morgan fingerprint density at radius 2 is 1.92 bits per heavy atom. The summed E-state index contributed by atoms with van der Waals surface area (Å²) in [6.45, 7) is 0.728. The van der Waals surface area contributed by atoms with Crippen molar-refractivity contribution in [3.05, 3.63) is 41.2 Å². The van der Waals surface area contributed by atoms with E-state index in [0.29, 0.717) is 43.8 Å². The van der Waals surface area contributed by atoms with Crippen molar-refractivity contribution in [1.82, 2.24) is 0 Å². The molecule has 0 radical (unpaired) electrons. The molecule has 0 bridgehead atoms. The normalized spacial score (nSPS) is 23.4. The predicted molar refractivity (Wildman–Crippen MR) is 89.1 cm³/mol. The van der Waals surface area contributed by atoms with Gasteiger partial charge < -0.3 is 14.2 Å². The number of carbonyl (C=O) groups excluding carboxylic acids is 2. The molecule has 7 nitrogen and oxygen atoms in total. The van der Waals surface area contributed by atoms with Crippen LogP contribution in [0.2, 0.25) is 0 Å². The lowest BCUT2D eigenvalue weighted by Gasteiger charge is -2.33. The fourth-order valence-corrected chi connectivity index (χ4v) is 5.10. The van der Waals surface area contributed by atoms with Crippen LogP contribution in [0.3, 0.4) is 0 Å². The van der Waals surface area contributed by atoms with Crippen LogP contribution in [0.4, 0.5) is 0 Å². The molecule has 0 N–H and O–H groups in total. The third-order valence-electron chi connectivity index (χ3n) is 4.81. The number of carbonyl (C=O) groups is 2. The first-order valence-electron chi connectivity index (χ1n) is 8.50. The van der Waals surface area contributed by atoms with Crippen molar-refractivity contribution in [1.29, 1.82) is 0 Å². The zero-order chi connectivity index (χ0) is 18.4. The second kappa shape index (κ2) is 6.29. The van der Waals surface area contributed by atoms with E-state index in [1.807, 2.05) is 0 Å². The quantitative estimate of drug-likeness (QED) is 0.725. The minimum absolute atomic E-state index is 0.0673. The summed E-state index contributed by atoms with van der Waals surface area (Å²) < 4.78 is 41.5. The molecule has 138 valence electrons. The third-order valence-corrected chi connectivity index (χ3v) is 6.57. The number of esters is 1. The molecule has 2 aliphatic heterocycles. The Kier molecular flexibility index (Phi) is 4.21. The number of ether oxygens (including phenoxy) is 3. The first kappa shape index (κ1) is 17.4. The second-order valence-electron chi connectivity index (χ2n) is 6.55. The minimum atomic E-state index is -3.45. The number of hydrogen-bond donors (Lipinski definition) is 0. The molecule has 1 spiro atoms. The molecule has 0 aromatic heterocycles. The molecule has 8 heteroatoms. The number of allylic oxidation sites excluding steroid dienone is 2. The lowest BCUT2D eigenvalue weighted by molar-refractivity contribution is -0.170. The van der Waals surface area contributed by atoms with Gasteiger partial charge in [-0.2, -0.15) is 0 Å². The number of benzene rings is 1. The Morgan fingerprint density at radius 3 is 2.65 bits per heavy atom. The summed E-state index contributed by atoms with van der Waals surface area (Å²) in [6.07, 6.45) is 3.14. The van der Waals surface area contributed by atoms with Gasteiger partial charge in [0.1, 0.15) is 5.76 Å². The third kappa shape index (κ3) is 2.98. The molecule has 0 atom stereocenters. The summed E-state index contributed by atoms with van der Waals surface area (Å²) in [5.74, 6) is -1.57. The smallest absolute Gasteiger partial charge is 0.343 e. The number of ketones is 1. The Labute approximate surface area is 150 Å². The highest BCUT2D eigenvalue weighted by Gasteiger charge is 2.47. The first-order chi connectivity index (χ1) is 12.4. The van der Waals surface area contributed by atoms with E-state index < -0.39 is 21.6 Å². The first-order valence-corrected chi connectivity index (χ1v) is 10.2. The van der Waals surface area contributed by atoms with Crippen molar-refractivity contribution in [3.8, 4) is 0 Å². The molecule has 0 saturated carbocycles. The number of hydrogen-bond acceptors (Lipinski definition) is 7. The largest absolute Gasteiger partial charge is 0.427 e. The minimum Gasteiger partial charge on any atom is -0.427 e. The van der Waals surface area contributed by atoms with E-state index in [4.69, 9.17) is 14.2 Å². The maximum absolute atomic E-state index is 12.5. The van der Waals surface area contributed by atoms with Gasteiger partial charge in [0.25, 0.3) is 0 Å². The molecule has 1 aromatic rings. The van der Waals surface area contributed by atoms with Crippen LogP contribution >= 0.6 is 0 Å². The molecule has 1 aromatic carbocycles. The summed E-state index contributed by atoms with van der Waals surface area (Å²) in [5, 5.41) is 0. The van der Waals surface area contributed by atoms with E-state index in [1.54, 1.807) is 0 Å². The topological polar surface area (TPSA) is 96.0 Å². The van der Waals surface area contributed by atoms with Crippen molar-refractivity contribution in [2.45, 2.75) is 36.4 Å². The maximum atomic E-state index is 12.5. The molecule has 1 fully saturated rings. The Hall–Kier alpha value is -2.03. The van der Waals surface area contributed by atoms with Crippen molar-refractivity contribution in [3.63, 3.8) is 0 Å². The molecule has 1 saturated heterocycles. The van der Waals surface area contributed by atoms with Crippen LogP contribution < -0.4 is 0 Å². The molecule has 0 unspecified atom stereocenters. The molecular formula is C18H18O7S. The summed E-state index contributed by atoms with van der Waals surface area (Å²) in [4.78, 5) is 24.0. The molecule has 2 heterocycles. The highest BCUT2D eigenvalue weighted by Crippen LogP contribution is 2.43. The number of rotatable bonds is 2. The molecule has 0 amide bonds. The summed E-state index contributed by atoms with van der Waals surface area (Å²) in [7, 11) is -3.45. The van der Waals surface area contributed by atoms with Gasteiger partial charge in [0, 0.05) is 30.9 Å². The van der Waals surface area contributed by atoms with Gasteiger partial charge in [-0.25, -0.2) is 13.2 Å². The zero-order valence-electron chi connectivity index (χ0n) is 14.0. The molecule has 26 heavy (non-hydrogen) atoms. The van der Waals surface area contributed by atoms with Gasteiger partial charge in [-0.1, -0.05) is 0 Å². The van der Waals surface area contributed by atoms with Crippen LogP contribution in [0.1, 0.15) is 41.6 Å². The van der Waals surface area contributed by atoms with E-state index in [2.05, 4.69) is 0 Å². The van der Waals surface area contributed by atoms with Crippen molar-refractivity contribution in [2.75, 3.05) is 19.0 Å². The van der Waals surface area contributed by atoms with E-state index in [0.717, 1.165) is 0 Å². The lowest BCUT2D eigenvalue weighted by atomic mass is 9.99. The highest BCUT2D eigenvalue weighted by molar-refractivity contribution is 7.91. The van der Waals surface area contributed by atoms with Gasteiger partial charge >= 0.3 is 5.97 Å². The second-order valence-corrected chi connectivity index (χ2v) is 8.63. The van der Waals surface area contributed by atoms with Crippen LogP contribution in [0.15, 0.2) is 34.9 Å². The van der Waals surface area contributed by atoms with Gasteiger partial charge in [-0.3, -0.25) is 4.79 Å². The highest BCUT2D eigenvalue weighted by atomic mass is 32.2. The molecule has 4 rings (SSSR count). The average Bonchev–Trinajstić information content (AvgIpc) is 3.08. The number of sulfone groups is 1. The summed E-state index contributed by atoms with van der Waals surface area (Å²) in [5.41, 5.74) is 0.530. The fourth-order valence-electron chi connectivity index (χ4n) is 3.51. The Morgan fingerprint density at radius 1 is 1.15 bits per heavy atom. The van der Waals surface area contributed by atoms with Gasteiger partial charge in [-0.05, 0) is 24.6 Å². The van der Waals surface area contributed by atoms with E-state index in [9.17, 15) is 18.0 Å². The summed E-state index contributed by atoms with van der Waals surface area (Å²) in [6, 6.07) is 4.27. The van der Waals surface area contributed by atoms with Crippen LogP contribution in [0.5, 0.6) is 0 Å². The zero-order valence-corrected chi connectivity index (χ0v) is 14.8. The fraction of sp³-hybridized carbons (Fsp3) is 0.444. The van der Waals surface area contributed by atoms with Crippen LogP contribution in [0, 0.1) is 0 Å². The van der Waals surface area contributed by atoms with E-state index >= 15 is 0 Å². The van der Waals surface area contributed by atoms with E-state index in [1.165, 1.54) is 24.3 Å². The number of fused-ring (bicyclic) bond motifs is 2. The predicted octanol–water partition coefficient (Wildman–Crippen LogP) is 1.86.